The van der Waals surface area contributed by atoms with Crippen LogP contribution in [0.2, 0.25) is 0 Å². The molecule has 3 heterocycles. The maximum absolute atomic E-state index is 13.1. The molecule has 3 aromatic rings. The van der Waals surface area contributed by atoms with E-state index in [9.17, 15) is 4.79 Å². The van der Waals surface area contributed by atoms with Crippen molar-refractivity contribution in [3.63, 3.8) is 0 Å². The molecule has 1 aliphatic heterocycles. The number of nitrogens with one attached hydrogen (secondary N) is 1. The van der Waals surface area contributed by atoms with Crippen LogP contribution in [0, 0.1) is 6.92 Å². The highest BCUT2D eigenvalue weighted by atomic mass is 16.3. The molecule has 0 bridgehead atoms. The van der Waals surface area contributed by atoms with Crippen molar-refractivity contribution in [3.8, 4) is 0 Å². The number of carbonyl (C=O) groups excluding carboxylic acids is 1. The van der Waals surface area contributed by atoms with E-state index < -0.39 is 0 Å². The second kappa shape index (κ2) is 7.39. The van der Waals surface area contributed by atoms with E-state index in [2.05, 4.69) is 20.2 Å². The number of hydrogen-bond acceptors (Lipinski definition) is 5. The van der Waals surface area contributed by atoms with Gasteiger partial charge in [0.25, 0.3) is 5.91 Å². The molecule has 1 atom stereocenters. The van der Waals surface area contributed by atoms with Gasteiger partial charge in [-0.1, -0.05) is 30.3 Å². The number of benzene rings is 1. The predicted octanol–water partition coefficient (Wildman–Crippen LogP) is 4.01. The smallest absolute Gasteiger partial charge is 0.256 e. The summed E-state index contributed by atoms with van der Waals surface area (Å²) in [7, 11) is 0. The third-order valence-electron chi connectivity index (χ3n) is 5.17. The van der Waals surface area contributed by atoms with E-state index in [0.29, 0.717) is 17.0 Å². The zero-order chi connectivity index (χ0) is 18.8. The van der Waals surface area contributed by atoms with Crippen molar-refractivity contribution < 1.29 is 9.21 Å². The second-order valence-electron chi connectivity index (χ2n) is 7.06. The molecule has 1 aliphatic rings. The lowest BCUT2D eigenvalue weighted by molar-refractivity contribution is 0.0940. The lowest BCUT2D eigenvalue weighted by Crippen LogP contribution is -2.31. The van der Waals surface area contributed by atoms with Crippen LogP contribution in [0.5, 0.6) is 0 Å². The Balaban J connectivity index is 1.70. The zero-order valence-corrected chi connectivity index (χ0v) is 15.7. The maximum Gasteiger partial charge on any atom is 0.256 e. The molecule has 6 nitrogen and oxygen atoms in total. The Bertz CT molecular complexity index is 945. The number of furan rings is 1. The summed E-state index contributed by atoms with van der Waals surface area (Å²) in [5.74, 6) is 1.21. The molecule has 0 saturated carbocycles. The molecule has 4 rings (SSSR count). The van der Waals surface area contributed by atoms with Gasteiger partial charge in [0.15, 0.2) is 0 Å². The third-order valence-corrected chi connectivity index (χ3v) is 5.17. The number of anilines is 1. The molecule has 1 saturated heterocycles. The summed E-state index contributed by atoms with van der Waals surface area (Å²) < 4.78 is 5.80. The summed E-state index contributed by atoms with van der Waals surface area (Å²) in [6.45, 7) is 5.67. The van der Waals surface area contributed by atoms with Gasteiger partial charge in [-0.25, -0.2) is 9.97 Å². The minimum absolute atomic E-state index is 0.105. The van der Waals surface area contributed by atoms with Crippen molar-refractivity contribution in [2.75, 3.05) is 18.0 Å². The maximum atomic E-state index is 13.1. The first kappa shape index (κ1) is 17.5. The Hall–Kier alpha value is -2.89. The normalized spacial score (nSPS) is 15.7. The van der Waals surface area contributed by atoms with Crippen LogP contribution in [0.15, 0.2) is 41.1 Å². The van der Waals surface area contributed by atoms with Crippen LogP contribution in [0.1, 0.15) is 53.9 Å². The number of piperidine rings is 1. The van der Waals surface area contributed by atoms with Gasteiger partial charge in [-0.15, -0.1) is 0 Å². The van der Waals surface area contributed by atoms with E-state index in [0.717, 1.165) is 42.7 Å². The van der Waals surface area contributed by atoms with Gasteiger partial charge in [0.1, 0.15) is 17.9 Å². The van der Waals surface area contributed by atoms with Gasteiger partial charge < -0.3 is 14.6 Å². The zero-order valence-electron chi connectivity index (χ0n) is 15.7. The predicted molar refractivity (Wildman–Crippen MR) is 105 cm³/mol. The summed E-state index contributed by atoms with van der Waals surface area (Å²) in [6.07, 6.45) is 5.02. The fourth-order valence-electron chi connectivity index (χ4n) is 3.74. The molecule has 1 aromatic carbocycles. The van der Waals surface area contributed by atoms with E-state index in [4.69, 9.17) is 4.42 Å². The van der Waals surface area contributed by atoms with Gasteiger partial charge in [0.05, 0.1) is 17.0 Å². The molecule has 1 fully saturated rings. The van der Waals surface area contributed by atoms with Gasteiger partial charge >= 0.3 is 0 Å². The number of aromatic nitrogens is 2. The summed E-state index contributed by atoms with van der Waals surface area (Å²) in [5, 5.41) is 3.81. The lowest BCUT2D eigenvalue weighted by Gasteiger charge is -2.28. The molecular formula is C21H24N4O2. The summed E-state index contributed by atoms with van der Waals surface area (Å²) in [6, 6.07) is 9.82. The minimum Gasteiger partial charge on any atom is -0.442 e. The molecule has 6 heteroatoms. The molecule has 1 N–H and O–H groups in total. The summed E-state index contributed by atoms with van der Waals surface area (Å²) >= 11 is 0. The molecule has 0 aliphatic carbocycles. The van der Waals surface area contributed by atoms with Crippen LogP contribution in [-0.2, 0) is 0 Å². The Morgan fingerprint density at radius 2 is 1.89 bits per heavy atom. The quantitative estimate of drug-likeness (QED) is 0.757. The summed E-state index contributed by atoms with van der Waals surface area (Å²) in [5.41, 5.74) is 2.07. The average molecular weight is 364 g/mol. The third kappa shape index (κ3) is 3.39. The van der Waals surface area contributed by atoms with E-state index in [-0.39, 0.29) is 11.9 Å². The number of amides is 1. The number of nitrogens with zero attached hydrogens (tertiary/aromatic N) is 3. The topological polar surface area (TPSA) is 71.3 Å². The highest BCUT2D eigenvalue weighted by molar-refractivity contribution is 6.10. The van der Waals surface area contributed by atoms with E-state index in [1.807, 2.05) is 44.2 Å². The number of hydrogen-bond donors (Lipinski definition) is 1. The monoisotopic (exact) mass is 364 g/mol. The Kier molecular flexibility index (Phi) is 4.79. The average Bonchev–Trinajstić information content (AvgIpc) is 3.05. The largest absolute Gasteiger partial charge is 0.442 e. The molecule has 1 amide bonds. The van der Waals surface area contributed by atoms with Crippen LogP contribution in [0.4, 0.5) is 5.82 Å². The van der Waals surface area contributed by atoms with Gasteiger partial charge in [0.2, 0.25) is 5.71 Å². The molecule has 1 unspecified atom stereocenters. The first-order chi connectivity index (χ1) is 13.1. The first-order valence-corrected chi connectivity index (χ1v) is 9.50. The number of rotatable bonds is 4. The molecule has 27 heavy (non-hydrogen) atoms. The SMILES string of the molecule is Cc1oc2ncnc(N3CCCCC3)c2c1C(=O)NC(C)c1ccccc1. The van der Waals surface area contributed by atoms with E-state index in [1.54, 1.807) is 0 Å². The van der Waals surface area contributed by atoms with Crippen LogP contribution >= 0.6 is 0 Å². The van der Waals surface area contributed by atoms with Crippen molar-refractivity contribution >= 4 is 22.8 Å². The molecular weight excluding hydrogens is 340 g/mol. The highest BCUT2D eigenvalue weighted by Gasteiger charge is 2.26. The standard InChI is InChI=1S/C21H24N4O2/c1-14(16-9-5-3-6-10-16)24-20(26)17-15(2)27-21-18(17)19(22-13-23-21)25-11-7-4-8-12-25/h3,5-6,9-10,13-14H,4,7-8,11-12H2,1-2H3,(H,24,26). The van der Waals surface area contributed by atoms with Crippen molar-refractivity contribution in [2.24, 2.45) is 0 Å². The second-order valence-corrected chi connectivity index (χ2v) is 7.06. The molecule has 0 radical (unpaired) electrons. The van der Waals surface area contributed by atoms with Crippen molar-refractivity contribution in [3.05, 3.63) is 53.5 Å². The van der Waals surface area contributed by atoms with Crippen LogP contribution in [-0.4, -0.2) is 29.0 Å². The fraction of sp³-hybridized carbons (Fsp3) is 0.381. The van der Waals surface area contributed by atoms with Crippen LogP contribution in [0.25, 0.3) is 11.1 Å². The number of aryl methyl sites for hydroxylation is 1. The van der Waals surface area contributed by atoms with E-state index in [1.165, 1.54) is 12.7 Å². The Morgan fingerprint density at radius 3 is 2.63 bits per heavy atom. The fourth-order valence-corrected chi connectivity index (χ4v) is 3.74. The van der Waals surface area contributed by atoms with Crippen LogP contribution < -0.4 is 10.2 Å². The van der Waals surface area contributed by atoms with Gasteiger partial charge in [0, 0.05) is 13.1 Å². The first-order valence-electron chi connectivity index (χ1n) is 9.50. The highest BCUT2D eigenvalue weighted by Crippen LogP contribution is 2.32. The number of fused-ring (bicyclic) bond motifs is 1. The Labute approximate surface area is 158 Å². The van der Waals surface area contributed by atoms with Crippen molar-refractivity contribution in [2.45, 2.75) is 39.2 Å². The number of carbonyl (C=O) groups is 1. The minimum atomic E-state index is -0.157. The van der Waals surface area contributed by atoms with Crippen LogP contribution in [0.3, 0.4) is 0 Å². The molecule has 2 aromatic heterocycles. The van der Waals surface area contributed by atoms with Gasteiger partial charge in [-0.05, 0) is 38.7 Å². The summed E-state index contributed by atoms with van der Waals surface area (Å²) in [4.78, 5) is 24.1. The van der Waals surface area contributed by atoms with Gasteiger partial charge in [-0.2, -0.15) is 0 Å². The lowest BCUT2D eigenvalue weighted by atomic mass is 10.1. The van der Waals surface area contributed by atoms with Gasteiger partial charge in [-0.3, -0.25) is 4.79 Å². The Morgan fingerprint density at radius 1 is 1.15 bits per heavy atom. The molecule has 0 spiro atoms. The van der Waals surface area contributed by atoms with Crippen molar-refractivity contribution in [1.29, 1.82) is 0 Å². The van der Waals surface area contributed by atoms with Crippen molar-refractivity contribution in [1.82, 2.24) is 15.3 Å². The van der Waals surface area contributed by atoms with E-state index >= 15 is 0 Å². The molecule has 140 valence electrons.